The molecule has 1 unspecified atom stereocenters. The Kier molecular flexibility index (Phi) is 2.99. The van der Waals surface area contributed by atoms with Crippen LogP contribution in [-0.2, 0) is 9.53 Å². The van der Waals surface area contributed by atoms with Gasteiger partial charge in [0.2, 0.25) is 5.91 Å². The summed E-state index contributed by atoms with van der Waals surface area (Å²) < 4.78 is 4.79. The van der Waals surface area contributed by atoms with Gasteiger partial charge >= 0.3 is 6.09 Å². The molecule has 2 rings (SSSR count). The number of carbonyl (C=O) groups is 2. The standard InChI is InChI=1S/C11H19N3O3/c1-8-9(15)12-11(14(8)10(16)17-3)4-6-13(2)7-5-11/h8H,4-7H2,1-3H3,(H,12,15). The molecule has 1 atom stereocenters. The maximum atomic E-state index is 11.8. The lowest BCUT2D eigenvalue weighted by Crippen LogP contribution is -2.60. The predicted molar refractivity (Wildman–Crippen MR) is 61.3 cm³/mol. The first-order valence-corrected chi connectivity index (χ1v) is 5.88. The zero-order chi connectivity index (χ0) is 12.6. The molecule has 17 heavy (non-hydrogen) atoms. The van der Waals surface area contributed by atoms with Crippen molar-refractivity contribution in [1.82, 2.24) is 15.1 Å². The quantitative estimate of drug-likeness (QED) is 0.648. The van der Waals surface area contributed by atoms with E-state index in [2.05, 4.69) is 10.2 Å². The molecular formula is C11H19N3O3. The summed E-state index contributed by atoms with van der Waals surface area (Å²) in [5.41, 5.74) is -0.546. The monoisotopic (exact) mass is 241 g/mol. The number of rotatable bonds is 0. The van der Waals surface area contributed by atoms with Crippen LogP contribution in [0.2, 0.25) is 0 Å². The van der Waals surface area contributed by atoms with Gasteiger partial charge in [-0.05, 0) is 14.0 Å². The number of hydrogen-bond donors (Lipinski definition) is 1. The van der Waals surface area contributed by atoms with Crippen LogP contribution in [0.3, 0.4) is 0 Å². The highest BCUT2D eigenvalue weighted by Gasteiger charge is 2.52. The van der Waals surface area contributed by atoms with Gasteiger partial charge in [-0.15, -0.1) is 0 Å². The van der Waals surface area contributed by atoms with Gasteiger partial charge in [0.05, 0.1) is 7.11 Å². The minimum atomic E-state index is -0.546. The Morgan fingerprint density at radius 3 is 2.59 bits per heavy atom. The summed E-state index contributed by atoms with van der Waals surface area (Å²) in [6.45, 7) is 3.46. The average molecular weight is 241 g/mol. The second kappa shape index (κ2) is 4.18. The summed E-state index contributed by atoms with van der Waals surface area (Å²) in [7, 11) is 3.38. The minimum absolute atomic E-state index is 0.0973. The van der Waals surface area contributed by atoms with Crippen LogP contribution in [0.5, 0.6) is 0 Å². The molecule has 6 heteroatoms. The lowest BCUT2D eigenvalue weighted by atomic mass is 9.96. The third kappa shape index (κ3) is 1.86. The van der Waals surface area contributed by atoms with Crippen molar-refractivity contribution in [2.75, 3.05) is 27.2 Å². The number of likely N-dealkylation sites (tertiary alicyclic amines) is 1. The van der Waals surface area contributed by atoms with E-state index in [9.17, 15) is 9.59 Å². The van der Waals surface area contributed by atoms with Crippen LogP contribution in [-0.4, -0.2) is 60.8 Å². The Labute approximate surface area is 101 Å². The molecule has 0 aromatic rings. The van der Waals surface area contributed by atoms with E-state index in [1.54, 1.807) is 11.8 Å². The van der Waals surface area contributed by atoms with E-state index in [4.69, 9.17) is 4.74 Å². The summed E-state index contributed by atoms with van der Waals surface area (Å²) in [5.74, 6) is -0.0973. The molecule has 0 aromatic carbocycles. The highest BCUT2D eigenvalue weighted by Crippen LogP contribution is 2.33. The fraction of sp³-hybridized carbons (Fsp3) is 0.818. The van der Waals surface area contributed by atoms with Gasteiger partial charge in [-0.2, -0.15) is 0 Å². The zero-order valence-corrected chi connectivity index (χ0v) is 10.5. The zero-order valence-electron chi connectivity index (χ0n) is 10.5. The highest BCUT2D eigenvalue weighted by molar-refractivity contribution is 5.89. The van der Waals surface area contributed by atoms with Crippen LogP contribution >= 0.6 is 0 Å². The molecule has 0 aliphatic carbocycles. The van der Waals surface area contributed by atoms with Crippen molar-refractivity contribution < 1.29 is 14.3 Å². The fourth-order valence-electron chi connectivity index (χ4n) is 2.67. The average Bonchev–Trinajstić information content (AvgIpc) is 2.55. The number of nitrogens with one attached hydrogen (secondary N) is 1. The van der Waals surface area contributed by atoms with Crippen molar-refractivity contribution in [3.05, 3.63) is 0 Å². The predicted octanol–water partition coefficient (Wildman–Crippen LogP) is -0.00500. The van der Waals surface area contributed by atoms with Crippen LogP contribution in [0, 0.1) is 0 Å². The Balaban J connectivity index is 2.25. The van der Waals surface area contributed by atoms with Crippen LogP contribution < -0.4 is 5.32 Å². The van der Waals surface area contributed by atoms with E-state index in [0.717, 1.165) is 25.9 Å². The van der Waals surface area contributed by atoms with Crippen LogP contribution in [0.4, 0.5) is 4.79 Å². The van der Waals surface area contributed by atoms with Crippen LogP contribution in [0.15, 0.2) is 0 Å². The molecule has 0 saturated carbocycles. The third-order valence-corrected chi connectivity index (χ3v) is 3.77. The Morgan fingerprint density at radius 1 is 1.47 bits per heavy atom. The van der Waals surface area contributed by atoms with Crippen molar-refractivity contribution in [3.63, 3.8) is 0 Å². The summed E-state index contributed by atoms with van der Waals surface area (Å²) in [6, 6.07) is -0.453. The second-order valence-electron chi connectivity index (χ2n) is 4.84. The number of piperidine rings is 1. The maximum Gasteiger partial charge on any atom is 0.412 e. The van der Waals surface area contributed by atoms with Gasteiger partial charge in [0.25, 0.3) is 0 Å². The molecule has 2 saturated heterocycles. The lowest BCUT2D eigenvalue weighted by Gasteiger charge is -2.43. The van der Waals surface area contributed by atoms with Crippen molar-refractivity contribution >= 4 is 12.0 Å². The van der Waals surface area contributed by atoms with Gasteiger partial charge in [-0.1, -0.05) is 0 Å². The van der Waals surface area contributed by atoms with Gasteiger partial charge in [-0.25, -0.2) is 4.79 Å². The summed E-state index contributed by atoms with van der Waals surface area (Å²) in [6.07, 6.45) is 1.06. The number of methoxy groups -OCH3 is 1. The minimum Gasteiger partial charge on any atom is -0.453 e. The van der Waals surface area contributed by atoms with Gasteiger partial charge in [0.15, 0.2) is 0 Å². The molecule has 0 bridgehead atoms. The Hall–Kier alpha value is -1.30. The number of nitrogens with zero attached hydrogens (tertiary/aromatic N) is 2. The fourth-order valence-corrected chi connectivity index (χ4v) is 2.67. The molecule has 0 aromatic heterocycles. The van der Waals surface area contributed by atoms with E-state index in [1.807, 2.05) is 7.05 Å². The molecule has 2 heterocycles. The smallest absolute Gasteiger partial charge is 0.412 e. The van der Waals surface area contributed by atoms with Crippen LogP contribution in [0.1, 0.15) is 19.8 Å². The third-order valence-electron chi connectivity index (χ3n) is 3.77. The molecule has 1 spiro atoms. The van der Waals surface area contributed by atoms with Crippen molar-refractivity contribution in [1.29, 1.82) is 0 Å². The first-order valence-electron chi connectivity index (χ1n) is 5.88. The van der Waals surface area contributed by atoms with E-state index in [0.29, 0.717) is 0 Å². The summed E-state index contributed by atoms with van der Waals surface area (Å²) in [4.78, 5) is 27.4. The lowest BCUT2D eigenvalue weighted by molar-refractivity contribution is -0.121. The van der Waals surface area contributed by atoms with Crippen molar-refractivity contribution in [2.45, 2.75) is 31.5 Å². The molecule has 1 N–H and O–H groups in total. The maximum absolute atomic E-state index is 11.8. The first-order chi connectivity index (χ1) is 8.00. The van der Waals surface area contributed by atoms with Crippen LogP contribution in [0.25, 0.3) is 0 Å². The highest BCUT2D eigenvalue weighted by atomic mass is 16.5. The van der Waals surface area contributed by atoms with E-state index >= 15 is 0 Å². The second-order valence-corrected chi connectivity index (χ2v) is 4.84. The molecular weight excluding hydrogens is 222 g/mol. The number of hydrogen-bond acceptors (Lipinski definition) is 4. The number of amides is 2. The molecule has 2 fully saturated rings. The van der Waals surface area contributed by atoms with E-state index < -0.39 is 17.8 Å². The van der Waals surface area contributed by atoms with Gasteiger partial charge in [-0.3, -0.25) is 9.69 Å². The van der Waals surface area contributed by atoms with E-state index in [-0.39, 0.29) is 5.91 Å². The van der Waals surface area contributed by atoms with Crippen molar-refractivity contribution in [3.8, 4) is 0 Å². The summed E-state index contributed by atoms with van der Waals surface area (Å²) in [5, 5.41) is 2.96. The van der Waals surface area contributed by atoms with Crippen molar-refractivity contribution in [2.24, 2.45) is 0 Å². The van der Waals surface area contributed by atoms with Gasteiger partial charge < -0.3 is 15.0 Å². The molecule has 0 radical (unpaired) electrons. The van der Waals surface area contributed by atoms with Gasteiger partial charge in [0.1, 0.15) is 11.7 Å². The number of carbonyl (C=O) groups excluding carboxylic acids is 2. The largest absolute Gasteiger partial charge is 0.453 e. The summed E-state index contributed by atoms with van der Waals surface area (Å²) >= 11 is 0. The molecule has 2 aliphatic heterocycles. The molecule has 2 aliphatic rings. The molecule has 2 amide bonds. The number of ether oxygens (including phenoxy) is 1. The van der Waals surface area contributed by atoms with E-state index in [1.165, 1.54) is 7.11 Å². The van der Waals surface area contributed by atoms with Gasteiger partial charge in [0, 0.05) is 25.9 Å². The molecule has 96 valence electrons. The normalized spacial score (nSPS) is 28.3. The topological polar surface area (TPSA) is 61.9 Å². The first kappa shape index (κ1) is 12.2. The Morgan fingerprint density at radius 2 is 2.06 bits per heavy atom. The Bertz CT molecular complexity index is 337. The molecule has 6 nitrogen and oxygen atoms in total. The SMILES string of the molecule is COC(=O)N1C(C)C(=O)NC12CCN(C)CC2.